The Labute approximate surface area is 176 Å². The standard InChI is InChI=1S/C18H12.C6H6O.CH3.Pt/c1-3-8-15(9-4-1)17-12-7-13-18(14-17)16-10-5-2-6-11-16;7-6-4-2-1-3-5-6;;/h1-10,12-13H;1-5,7H;1H3;/q-2;;-1;. The molecule has 0 unspecified atom stereocenters. The summed E-state index contributed by atoms with van der Waals surface area (Å²) in [5.74, 6) is 0.322. The molecule has 0 saturated heterocycles. The van der Waals surface area contributed by atoms with E-state index in [4.69, 9.17) is 5.11 Å². The minimum absolute atomic E-state index is 0. The monoisotopic (exact) mass is 532 g/mol. The van der Waals surface area contributed by atoms with Gasteiger partial charge in [0.2, 0.25) is 0 Å². The Kier molecular flexibility index (Phi) is 9.86. The van der Waals surface area contributed by atoms with Crippen molar-refractivity contribution in [3.8, 4) is 28.0 Å². The van der Waals surface area contributed by atoms with E-state index in [1.807, 2.05) is 42.5 Å². The Balaban J connectivity index is 0.000000347. The van der Waals surface area contributed by atoms with E-state index in [-0.39, 0.29) is 28.5 Å². The van der Waals surface area contributed by atoms with Crippen LogP contribution in [0.3, 0.4) is 0 Å². The molecule has 0 aliphatic carbocycles. The third-order valence-electron chi connectivity index (χ3n) is 3.64. The zero-order valence-electron chi connectivity index (χ0n) is 15.1. The summed E-state index contributed by atoms with van der Waals surface area (Å²) < 4.78 is 0. The molecule has 0 amide bonds. The van der Waals surface area contributed by atoms with Gasteiger partial charge in [0, 0.05) is 21.1 Å². The van der Waals surface area contributed by atoms with Crippen molar-refractivity contribution in [3.63, 3.8) is 0 Å². The van der Waals surface area contributed by atoms with Gasteiger partial charge in [0.15, 0.2) is 0 Å². The van der Waals surface area contributed by atoms with Crippen LogP contribution in [0.15, 0.2) is 103 Å². The van der Waals surface area contributed by atoms with Crippen molar-refractivity contribution in [2.24, 2.45) is 0 Å². The fourth-order valence-electron chi connectivity index (χ4n) is 2.40. The number of aromatic hydroxyl groups is 1. The molecule has 0 aliphatic heterocycles. The van der Waals surface area contributed by atoms with Crippen LogP contribution in [0, 0.1) is 19.6 Å². The van der Waals surface area contributed by atoms with Crippen molar-refractivity contribution in [2.75, 3.05) is 0 Å². The molecule has 0 saturated carbocycles. The number of rotatable bonds is 2. The van der Waals surface area contributed by atoms with Crippen LogP contribution in [0.25, 0.3) is 22.3 Å². The summed E-state index contributed by atoms with van der Waals surface area (Å²) in [6, 6.07) is 39.9. The summed E-state index contributed by atoms with van der Waals surface area (Å²) >= 11 is 0. The summed E-state index contributed by atoms with van der Waals surface area (Å²) in [5, 5.41) is 8.63. The quantitative estimate of drug-likeness (QED) is 0.294. The van der Waals surface area contributed by atoms with Gasteiger partial charge in [-0.25, -0.2) is 5.56 Å². The smallest absolute Gasteiger partial charge is 0.115 e. The maximum atomic E-state index is 8.63. The maximum Gasteiger partial charge on any atom is 0.115 e. The first-order valence-electron chi connectivity index (χ1n) is 8.12. The maximum absolute atomic E-state index is 8.63. The van der Waals surface area contributed by atoms with Crippen LogP contribution in [0.1, 0.15) is 0 Å². The molecule has 0 aliphatic rings. The Hall–Kier alpha value is -2.63. The van der Waals surface area contributed by atoms with Gasteiger partial charge in [-0.1, -0.05) is 54.1 Å². The number of phenolic OH excluding ortho intramolecular Hbond substituents is 1. The fourth-order valence-corrected chi connectivity index (χ4v) is 2.40. The third-order valence-corrected chi connectivity index (χ3v) is 3.64. The normalized spacial score (nSPS) is 9.04. The van der Waals surface area contributed by atoms with E-state index in [0.717, 1.165) is 16.7 Å². The van der Waals surface area contributed by atoms with Gasteiger partial charge in [0.1, 0.15) is 5.75 Å². The number of phenols is 1. The largest absolute Gasteiger partial charge is 0.508 e. The van der Waals surface area contributed by atoms with Crippen molar-refractivity contribution in [2.45, 2.75) is 0 Å². The Morgan fingerprint density at radius 1 is 0.556 bits per heavy atom. The van der Waals surface area contributed by atoms with Crippen LogP contribution < -0.4 is 0 Å². The molecular formula is C25H21OPt-3. The number of benzene rings is 4. The molecule has 0 atom stereocenters. The van der Waals surface area contributed by atoms with E-state index in [0.29, 0.717) is 5.75 Å². The molecule has 27 heavy (non-hydrogen) atoms. The summed E-state index contributed by atoms with van der Waals surface area (Å²) in [5.41, 5.74) is 4.47. The van der Waals surface area contributed by atoms with Crippen LogP contribution in [0.4, 0.5) is 0 Å². The molecule has 0 aromatic heterocycles. The zero-order valence-corrected chi connectivity index (χ0v) is 17.4. The molecule has 4 rings (SSSR count). The number of para-hydroxylation sites is 1. The zero-order chi connectivity index (χ0) is 17.3. The van der Waals surface area contributed by atoms with Crippen LogP contribution in [0.5, 0.6) is 5.75 Å². The average molecular weight is 533 g/mol. The molecule has 0 bridgehead atoms. The molecule has 140 valence electrons. The summed E-state index contributed by atoms with van der Waals surface area (Å²) in [7, 11) is 0. The first-order valence-corrected chi connectivity index (χ1v) is 8.12. The van der Waals surface area contributed by atoms with E-state index in [1.54, 1.807) is 24.3 Å². The van der Waals surface area contributed by atoms with Gasteiger partial charge in [-0.15, -0.1) is 23.8 Å². The van der Waals surface area contributed by atoms with Gasteiger partial charge >= 0.3 is 0 Å². The third kappa shape index (κ3) is 6.88. The molecule has 0 heterocycles. The topological polar surface area (TPSA) is 20.2 Å². The van der Waals surface area contributed by atoms with Crippen molar-refractivity contribution < 1.29 is 26.2 Å². The first kappa shape index (κ1) is 22.4. The molecule has 1 N–H and O–H groups in total. The van der Waals surface area contributed by atoms with Gasteiger partial charge in [0.25, 0.3) is 0 Å². The van der Waals surface area contributed by atoms with Crippen molar-refractivity contribution in [3.05, 3.63) is 123 Å². The molecule has 4 aromatic carbocycles. The Morgan fingerprint density at radius 3 is 1.67 bits per heavy atom. The van der Waals surface area contributed by atoms with Gasteiger partial charge in [-0.2, -0.15) is 42.0 Å². The minimum atomic E-state index is 0. The van der Waals surface area contributed by atoms with E-state index >= 15 is 0 Å². The summed E-state index contributed by atoms with van der Waals surface area (Å²) in [4.78, 5) is 0. The van der Waals surface area contributed by atoms with Crippen molar-refractivity contribution >= 4 is 0 Å². The fraction of sp³-hybridized carbons (Fsp3) is 0. The van der Waals surface area contributed by atoms with Crippen LogP contribution in [-0.2, 0) is 21.1 Å². The van der Waals surface area contributed by atoms with Gasteiger partial charge in [-0.05, 0) is 12.1 Å². The molecular weight excluding hydrogens is 511 g/mol. The molecule has 1 nitrogen and oxygen atoms in total. The van der Waals surface area contributed by atoms with Crippen molar-refractivity contribution in [1.82, 2.24) is 0 Å². The second-order valence-corrected chi connectivity index (χ2v) is 5.46. The van der Waals surface area contributed by atoms with Gasteiger partial charge < -0.3 is 12.5 Å². The number of hydrogen-bond acceptors (Lipinski definition) is 1. The van der Waals surface area contributed by atoms with Crippen LogP contribution in [0.2, 0.25) is 0 Å². The molecule has 0 spiro atoms. The van der Waals surface area contributed by atoms with Crippen LogP contribution >= 0.6 is 0 Å². The minimum Gasteiger partial charge on any atom is -0.508 e. The molecule has 4 aromatic rings. The van der Waals surface area contributed by atoms with E-state index in [9.17, 15) is 0 Å². The second-order valence-electron chi connectivity index (χ2n) is 5.46. The second kappa shape index (κ2) is 11.9. The van der Waals surface area contributed by atoms with Crippen molar-refractivity contribution in [1.29, 1.82) is 0 Å². The van der Waals surface area contributed by atoms with Crippen LogP contribution in [-0.4, -0.2) is 5.11 Å². The van der Waals surface area contributed by atoms with Gasteiger partial charge in [0.05, 0.1) is 0 Å². The SMILES string of the molecule is Oc1ccccc1.[CH3-].[Pt].[c-]1ccccc1-c1[c-]c(-c2ccccc2)ccc1. The predicted molar refractivity (Wildman–Crippen MR) is 110 cm³/mol. The average Bonchev–Trinajstić information content (AvgIpc) is 2.71. The van der Waals surface area contributed by atoms with Gasteiger partial charge in [-0.3, -0.25) is 0 Å². The van der Waals surface area contributed by atoms with E-state index < -0.39 is 0 Å². The molecule has 0 fully saturated rings. The number of hydrogen-bond donors (Lipinski definition) is 1. The predicted octanol–water partition coefficient (Wildman–Crippen LogP) is 6.46. The molecule has 0 radical (unpaired) electrons. The summed E-state index contributed by atoms with van der Waals surface area (Å²) in [6.07, 6.45) is 0. The van der Waals surface area contributed by atoms with E-state index in [2.05, 4.69) is 48.5 Å². The Morgan fingerprint density at radius 2 is 1.11 bits per heavy atom. The molecule has 2 heteroatoms. The van der Waals surface area contributed by atoms with E-state index in [1.165, 1.54) is 5.56 Å². The Bertz CT molecular complexity index is 836. The first-order chi connectivity index (χ1) is 12.3. The summed E-state index contributed by atoms with van der Waals surface area (Å²) in [6.45, 7) is 0.